The van der Waals surface area contributed by atoms with Crippen molar-refractivity contribution >= 4 is 5.97 Å². The summed E-state index contributed by atoms with van der Waals surface area (Å²) >= 11 is 0. The van der Waals surface area contributed by atoms with Gasteiger partial charge in [0.1, 0.15) is 11.2 Å². The molecular formula is C10H11FN2O2. The monoisotopic (exact) mass is 210 g/mol. The van der Waals surface area contributed by atoms with Crippen LogP contribution in [0.5, 0.6) is 0 Å². The van der Waals surface area contributed by atoms with E-state index in [2.05, 4.69) is 4.98 Å². The number of aromatic nitrogens is 1. The Morgan fingerprint density at radius 2 is 2.33 bits per heavy atom. The number of carboxylic acids is 1. The maximum Gasteiger partial charge on any atom is 0.315 e. The maximum absolute atomic E-state index is 13.0. The molecule has 1 aliphatic rings. The molecule has 2 rings (SSSR count). The van der Waals surface area contributed by atoms with Crippen molar-refractivity contribution in [1.82, 2.24) is 4.98 Å². The van der Waals surface area contributed by atoms with Crippen LogP contribution in [0.1, 0.15) is 18.5 Å². The van der Waals surface area contributed by atoms with Crippen LogP contribution in [0, 0.1) is 5.82 Å². The predicted molar refractivity (Wildman–Crippen MR) is 50.7 cm³/mol. The predicted octanol–water partition coefficient (Wildman–Crippen LogP) is 0.664. The number of nitrogens with two attached hydrogens (primary N) is 1. The van der Waals surface area contributed by atoms with Crippen molar-refractivity contribution in [3.8, 4) is 0 Å². The summed E-state index contributed by atoms with van der Waals surface area (Å²) in [5.74, 6) is -1.46. The van der Waals surface area contributed by atoms with Gasteiger partial charge in [0.15, 0.2) is 0 Å². The Labute approximate surface area is 85.9 Å². The highest BCUT2D eigenvalue weighted by Gasteiger charge is 2.51. The number of aliphatic carboxylic acids is 1. The number of halogens is 1. The van der Waals surface area contributed by atoms with Crippen molar-refractivity contribution in [3.05, 3.63) is 29.8 Å². The van der Waals surface area contributed by atoms with Crippen molar-refractivity contribution in [2.24, 2.45) is 5.73 Å². The molecule has 1 heterocycles. The molecule has 0 aromatic carbocycles. The lowest BCUT2D eigenvalue weighted by molar-refractivity contribution is -0.148. The van der Waals surface area contributed by atoms with Gasteiger partial charge in [0.25, 0.3) is 0 Å². The Bertz CT molecular complexity index is 402. The molecule has 80 valence electrons. The van der Waals surface area contributed by atoms with E-state index in [0.717, 1.165) is 0 Å². The van der Waals surface area contributed by atoms with Crippen molar-refractivity contribution < 1.29 is 14.3 Å². The summed E-state index contributed by atoms with van der Waals surface area (Å²) in [6, 6.07) is 2.23. The number of rotatable bonds is 2. The first-order valence-corrected chi connectivity index (χ1v) is 4.65. The number of hydrogen-bond donors (Lipinski definition) is 2. The minimum absolute atomic E-state index is 0.133. The van der Waals surface area contributed by atoms with E-state index in [4.69, 9.17) is 10.8 Å². The first-order valence-electron chi connectivity index (χ1n) is 4.65. The van der Waals surface area contributed by atoms with E-state index in [0.29, 0.717) is 12.8 Å². The van der Waals surface area contributed by atoms with Crippen LogP contribution in [0.25, 0.3) is 0 Å². The largest absolute Gasteiger partial charge is 0.481 e. The quantitative estimate of drug-likeness (QED) is 0.752. The van der Waals surface area contributed by atoms with Crippen molar-refractivity contribution in [2.45, 2.75) is 24.3 Å². The molecule has 0 amide bonds. The van der Waals surface area contributed by atoms with Crippen LogP contribution in [0.2, 0.25) is 0 Å². The first-order chi connectivity index (χ1) is 7.04. The Morgan fingerprint density at radius 3 is 2.80 bits per heavy atom. The summed E-state index contributed by atoms with van der Waals surface area (Å²) in [7, 11) is 0. The van der Waals surface area contributed by atoms with E-state index in [-0.39, 0.29) is 11.7 Å². The second-order valence-electron chi connectivity index (χ2n) is 3.91. The van der Waals surface area contributed by atoms with Crippen LogP contribution in [0.3, 0.4) is 0 Å². The topological polar surface area (TPSA) is 76.2 Å². The van der Waals surface area contributed by atoms with E-state index in [1.165, 1.54) is 18.3 Å². The zero-order chi connectivity index (χ0) is 11.1. The molecule has 1 aliphatic carbocycles. The molecule has 4 nitrogen and oxygen atoms in total. The standard InChI is InChI=1S/C10H11FN2O2/c11-6-1-2-13-8(3-6)10(9(14)15)4-7(12)5-10/h1-3,7H,4-5,12H2,(H,14,15). The van der Waals surface area contributed by atoms with Crippen molar-refractivity contribution in [1.29, 1.82) is 0 Å². The van der Waals surface area contributed by atoms with Gasteiger partial charge in [0, 0.05) is 12.2 Å². The summed E-state index contributed by atoms with van der Waals surface area (Å²) in [6.45, 7) is 0. The Kier molecular flexibility index (Phi) is 2.19. The molecule has 0 spiro atoms. The Hall–Kier alpha value is -1.49. The smallest absolute Gasteiger partial charge is 0.315 e. The zero-order valence-electron chi connectivity index (χ0n) is 7.98. The summed E-state index contributed by atoms with van der Waals surface area (Å²) in [4.78, 5) is 15.1. The van der Waals surface area contributed by atoms with Crippen LogP contribution < -0.4 is 5.73 Å². The fraction of sp³-hybridized carbons (Fsp3) is 0.400. The van der Waals surface area contributed by atoms with Gasteiger partial charge in [-0.1, -0.05) is 0 Å². The van der Waals surface area contributed by atoms with Gasteiger partial charge in [-0.2, -0.15) is 0 Å². The van der Waals surface area contributed by atoms with Gasteiger partial charge < -0.3 is 10.8 Å². The number of carbonyl (C=O) groups is 1. The molecular weight excluding hydrogens is 199 g/mol. The molecule has 0 atom stereocenters. The molecule has 0 bridgehead atoms. The lowest BCUT2D eigenvalue weighted by Gasteiger charge is -2.41. The van der Waals surface area contributed by atoms with Gasteiger partial charge in [0.05, 0.1) is 5.69 Å². The average molecular weight is 210 g/mol. The summed E-state index contributed by atoms with van der Waals surface area (Å²) in [6.07, 6.45) is 1.91. The third-order valence-corrected chi connectivity index (χ3v) is 2.84. The van der Waals surface area contributed by atoms with E-state index in [1.54, 1.807) is 0 Å². The first kappa shape index (κ1) is 10.0. The fourth-order valence-electron chi connectivity index (χ4n) is 2.00. The highest BCUT2D eigenvalue weighted by Crippen LogP contribution is 2.42. The third kappa shape index (κ3) is 1.48. The van der Waals surface area contributed by atoms with E-state index in [9.17, 15) is 9.18 Å². The van der Waals surface area contributed by atoms with Gasteiger partial charge in [-0.15, -0.1) is 0 Å². The zero-order valence-corrected chi connectivity index (χ0v) is 7.98. The molecule has 0 aliphatic heterocycles. The van der Waals surface area contributed by atoms with Gasteiger partial charge in [0.2, 0.25) is 0 Å². The van der Waals surface area contributed by atoms with E-state index in [1.807, 2.05) is 0 Å². The lowest BCUT2D eigenvalue weighted by Crippen LogP contribution is -2.54. The van der Waals surface area contributed by atoms with Crippen LogP contribution in [-0.4, -0.2) is 22.1 Å². The number of carboxylic acid groups (broad SMARTS) is 1. The summed E-state index contributed by atoms with van der Waals surface area (Å²) in [5, 5.41) is 9.13. The molecule has 0 unspecified atom stereocenters. The molecule has 1 aromatic heterocycles. The molecule has 5 heteroatoms. The second kappa shape index (κ2) is 3.27. The van der Waals surface area contributed by atoms with Crippen LogP contribution in [0.15, 0.2) is 18.3 Å². The molecule has 15 heavy (non-hydrogen) atoms. The van der Waals surface area contributed by atoms with Gasteiger partial charge in [-0.05, 0) is 25.0 Å². The van der Waals surface area contributed by atoms with Gasteiger partial charge in [-0.3, -0.25) is 9.78 Å². The van der Waals surface area contributed by atoms with E-state index >= 15 is 0 Å². The van der Waals surface area contributed by atoms with Crippen molar-refractivity contribution in [2.75, 3.05) is 0 Å². The number of nitrogens with zero attached hydrogens (tertiary/aromatic N) is 1. The van der Waals surface area contributed by atoms with E-state index < -0.39 is 17.2 Å². The van der Waals surface area contributed by atoms with Gasteiger partial charge >= 0.3 is 5.97 Å². The second-order valence-corrected chi connectivity index (χ2v) is 3.91. The molecule has 1 aromatic rings. The van der Waals surface area contributed by atoms with Crippen molar-refractivity contribution in [3.63, 3.8) is 0 Å². The number of pyridine rings is 1. The summed E-state index contributed by atoms with van der Waals surface area (Å²) < 4.78 is 13.0. The van der Waals surface area contributed by atoms with Crippen LogP contribution in [-0.2, 0) is 10.2 Å². The minimum atomic E-state index is -1.08. The molecule has 1 fully saturated rings. The average Bonchev–Trinajstić information content (AvgIpc) is 2.12. The normalized spacial score (nSPS) is 29.6. The third-order valence-electron chi connectivity index (χ3n) is 2.84. The Morgan fingerprint density at radius 1 is 1.67 bits per heavy atom. The SMILES string of the molecule is NC1CC(C(=O)O)(c2cc(F)ccn2)C1. The fourth-order valence-corrected chi connectivity index (χ4v) is 2.00. The molecule has 1 saturated carbocycles. The van der Waals surface area contributed by atoms with Crippen LogP contribution >= 0.6 is 0 Å². The Balaban J connectivity index is 2.39. The minimum Gasteiger partial charge on any atom is -0.481 e. The maximum atomic E-state index is 13.0. The highest BCUT2D eigenvalue weighted by atomic mass is 19.1. The summed E-state index contributed by atoms with van der Waals surface area (Å²) in [5.41, 5.74) is 4.76. The molecule has 3 N–H and O–H groups in total. The highest BCUT2D eigenvalue weighted by molar-refractivity contribution is 5.82. The lowest BCUT2D eigenvalue weighted by atomic mass is 9.63. The van der Waals surface area contributed by atoms with Gasteiger partial charge in [-0.25, -0.2) is 4.39 Å². The van der Waals surface area contributed by atoms with Crippen LogP contribution in [0.4, 0.5) is 4.39 Å². The number of hydrogen-bond acceptors (Lipinski definition) is 3. The molecule has 0 radical (unpaired) electrons. The molecule has 0 saturated heterocycles.